The van der Waals surface area contributed by atoms with Crippen molar-refractivity contribution in [1.29, 1.82) is 0 Å². The SMILES string of the molecule is CCN(C)Cc1cccc(C(=O)OC)c1. The molecule has 0 aliphatic rings. The minimum atomic E-state index is -0.281. The molecule has 82 valence electrons. The average Bonchev–Trinajstić information content (AvgIpc) is 2.28. The van der Waals surface area contributed by atoms with Crippen molar-refractivity contribution in [3.63, 3.8) is 0 Å². The molecule has 0 aromatic heterocycles. The van der Waals surface area contributed by atoms with Gasteiger partial charge in [-0.1, -0.05) is 19.1 Å². The summed E-state index contributed by atoms with van der Waals surface area (Å²) in [6, 6.07) is 7.53. The highest BCUT2D eigenvalue weighted by atomic mass is 16.5. The average molecular weight is 207 g/mol. The maximum atomic E-state index is 11.3. The first-order chi connectivity index (χ1) is 7.17. The van der Waals surface area contributed by atoms with Gasteiger partial charge < -0.3 is 9.64 Å². The fourth-order valence-electron chi connectivity index (χ4n) is 1.34. The van der Waals surface area contributed by atoms with Crippen LogP contribution in [0.4, 0.5) is 0 Å². The molecule has 0 heterocycles. The molecule has 0 N–H and O–H groups in total. The Bertz CT molecular complexity index is 336. The highest BCUT2D eigenvalue weighted by Gasteiger charge is 2.06. The van der Waals surface area contributed by atoms with E-state index >= 15 is 0 Å². The van der Waals surface area contributed by atoms with E-state index in [0.717, 1.165) is 18.7 Å². The minimum absolute atomic E-state index is 0.281. The zero-order valence-corrected chi connectivity index (χ0v) is 9.49. The lowest BCUT2D eigenvalue weighted by atomic mass is 10.1. The number of carbonyl (C=O) groups excluding carboxylic acids is 1. The molecule has 0 bridgehead atoms. The number of hydrogen-bond donors (Lipinski definition) is 0. The normalized spacial score (nSPS) is 10.4. The van der Waals surface area contributed by atoms with Crippen LogP contribution in [-0.4, -0.2) is 31.6 Å². The summed E-state index contributed by atoms with van der Waals surface area (Å²) in [4.78, 5) is 13.5. The van der Waals surface area contributed by atoms with E-state index in [9.17, 15) is 4.79 Å². The fourth-order valence-corrected chi connectivity index (χ4v) is 1.34. The molecule has 1 aromatic rings. The number of esters is 1. The van der Waals surface area contributed by atoms with E-state index in [2.05, 4.69) is 16.6 Å². The van der Waals surface area contributed by atoms with Gasteiger partial charge in [-0.3, -0.25) is 0 Å². The molecule has 0 saturated carbocycles. The van der Waals surface area contributed by atoms with E-state index in [0.29, 0.717) is 5.56 Å². The van der Waals surface area contributed by atoms with Crippen molar-refractivity contribution in [3.05, 3.63) is 35.4 Å². The molecule has 0 fully saturated rings. The van der Waals surface area contributed by atoms with Gasteiger partial charge in [-0.05, 0) is 31.3 Å². The van der Waals surface area contributed by atoms with Crippen LogP contribution >= 0.6 is 0 Å². The lowest BCUT2D eigenvalue weighted by molar-refractivity contribution is 0.0600. The van der Waals surface area contributed by atoms with Crippen molar-refractivity contribution < 1.29 is 9.53 Å². The Morgan fingerprint density at radius 3 is 2.80 bits per heavy atom. The second-order valence-corrected chi connectivity index (χ2v) is 3.52. The second-order valence-electron chi connectivity index (χ2n) is 3.52. The second kappa shape index (κ2) is 5.51. The molecule has 0 aliphatic carbocycles. The van der Waals surface area contributed by atoms with Crippen LogP contribution < -0.4 is 0 Å². The summed E-state index contributed by atoms with van der Waals surface area (Å²) in [5, 5.41) is 0. The highest BCUT2D eigenvalue weighted by molar-refractivity contribution is 5.89. The fraction of sp³-hybridized carbons (Fsp3) is 0.417. The molecule has 0 unspecified atom stereocenters. The number of ether oxygens (including phenoxy) is 1. The van der Waals surface area contributed by atoms with Crippen molar-refractivity contribution >= 4 is 5.97 Å². The lowest BCUT2D eigenvalue weighted by Gasteiger charge is -2.13. The molecule has 1 aromatic carbocycles. The predicted molar refractivity (Wildman–Crippen MR) is 59.8 cm³/mol. The molecule has 0 aliphatic heterocycles. The highest BCUT2D eigenvalue weighted by Crippen LogP contribution is 2.08. The molecule has 3 nitrogen and oxygen atoms in total. The van der Waals surface area contributed by atoms with Gasteiger partial charge in [0, 0.05) is 6.54 Å². The molecule has 3 heteroatoms. The first-order valence-corrected chi connectivity index (χ1v) is 5.03. The van der Waals surface area contributed by atoms with Gasteiger partial charge in [0.15, 0.2) is 0 Å². The van der Waals surface area contributed by atoms with Crippen molar-refractivity contribution in [3.8, 4) is 0 Å². The standard InChI is InChI=1S/C12H17NO2/c1-4-13(2)9-10-6-5-7-11(8-10)12(14)15-3/h5-8H,4,9H2,1-3H3. The van der Waals surface area contributed by atoms with Gasteiger partial charge in [0.25, 0.3) is 0 Å². The summed E-state index contributed by atoms with van der Waals surface area (Å²) in [7, 11) is 3.44. The van der Waals surface area contributed by atoms with Gasteiger partial charge in [-0.2, -0.15) is 0 Å². The van der Waals surface area contributed by atoms with Crippen LogP contribution in [0.25, 0.3) is 0 Å². The quantitative estimate of drug-likeness (QED) is 0.706. The number of rotatable bonds is 4. The van der Waals surface area contributed by atoms with E-state index in [1.54, 1.807) is 6.07 Å². The topological polar surface area (TPSA) is 29.5 Å². The number of nitrogens with zero attached hydrogens (tertiary/aromatic N) is 1. The number of benzene rings is 1. The molecule has 0 radical (unpaired) electrons. The zero-order chi connectivity index (χ0) is 11.3. The largest absolute Gasteiger partial charge is 0.465 e. The van der Waals surface area contributed by atoms with Crippen LogP contribution in [0, 0.1) is 0 Å². The summed E-state index contributed by atoms with van der Waals surface area (Å²) in [6.07, 6.45) is 0. The monoisotopic (exact) mass is 207 g/mol. The van der Waals surface area contributed by atoms with Crippen LogP contribution in [0.3, 0.4) is 0 Å². The Labute approximate surface area is 90.7 Å². The van der Waals surface area contributed by atoms with Crippen LogP contribution in [0.5, 0.6) is 0 Å². The summed E-state index contributed by atoms with van der Waals surface area (Å²) < 4.78 is 4.67. The van der Waals surface area contributed by atoms with Crippen molar-refractivity contribution in [1.82, 2.24) is 4.90 Å². The smallest absolute Gasteiger partial charge is 0.337 e. The van der Waals surface area contributed by atoms with Crippen LogP contribution in [0.2, 0.25) is 0 Å². The molecule has 0 amide bonds. The third kappa shape index (κ3) is 3.36. The van der Waals surface area contributed by atoms with E-state index in [4.69, 9.17) is 0 Å². The first kappa shape index (κ1) is 11.7. The van der Waals surface area contributed by atoms with E-state index in [-0.39, 0.29) is 5.97 Å². The molecular formula is C12H17NO2. The van der Waals surface area contributed by atoms with E-state index in [1.165, 1.54) is 7.11 Å². The third-order valence-electron chi connectivity index (χ3n) is 2.34. The Morgan fingerprint density at radius 1 is 1.47 bits per heavy atom. The number of carbonyl (C=O) groups is 1. The van der Waals surface area contributed by atoms with Crippen molar-refractivity contribution in [2.75, 3.05) is 20.7 Å². The van der Waals surface area contributed by atoms with Crippen LogP contribution in [0.15, 0.2) is 24.3 Å². The molecule has 0 atom stereocenters. The Balaban J connectivity index is 2.78. The van der Waals surface area contributed by atoms with Gasteiger partial charge in [0.1, 0.15) is 0 Å². The van der Waals surface area contributed by atoms with Crippen LogP contribution in [-0.2, 0) is 11.3 Å². The van der Waals surface area contributed by atoms with Crippen molar-refractivity contribution in [2.45, 2.75) is 13.5 Å². The Hall–Kier alpha value is -1.35. The summed E-state index contributed by atoms with van der Waals surface area (Å²) >= 11 is 0. The molecule has 0 spiro atoms. The van der Waals surface area contributed by atoms with Gasteiger partial charge >= 0.3 is 5.97 Å². The van der Waals surface area contributed by atoms with Crippen LogP contribution in [0.1, 0.15) is 22.8 Å². The molecule has 0 saturated heterocycles. The molecule has 1 rings (SSSR count). The molecule has 15 heavy (non-hydrogen) atoms. The number of methoxy groups -OCH3 is 1. The van der Waals surface area contributed by atoms with Gasteiger partial charge in [0.2, 0.25) is 0 Å². The maximum Gasteiger partial charge on any atom is 0.337 e. The number of hydrogen-bond acceptors (Lipinski definition) is 3. The van der Waals surface area contributed by atoms with Crippen molar-refractivity contribution in [2.24, 2.45) is 0 Å². The van der Waals surface area contributed by atoms with E-state index in [1.807, 2.05) is 25.2 Å². The maximum absolute atomic E-state index is 11.3. The third-order valence-corrected chi connectivity index (χ3v) is 2.34. The lowest BCUT2D eigenvalue weighted by Crippen LogP contribution is -2.17. The van der Waals surface area contributed by atoms with E-state index < -0.39 is 0 Å². The van der Waals surface area contributed by atoms with Gasteiger partial charge in [-0.15, -0.1) is 0 Å². The summed E-state index contributed by atoms with van der Waals surface area (Å²) in [5.74, 6) is -0.281. The predicted octanol–water partition coefficient (Wildman–Crippen LogP) is 1.92. The van der Waals surface area contributed by atoms with Gasteiger partial charge in [-0.25, -0.2) is 4.79 Å². The van der Waals surface area contributed by atoms with Gasteiger partial charge in [0.05, 0.1) is 12.7 Å². The Morgan fingerprint density at radius 2 is 2.20 bits per heavy atom. The Kier molecular flexibility index (Phi) is 4.31. The first-order valence-electron chi connectivity index (χ1n) is 5.03. The summed E-state index contributed by atoms with van der Waals surface area (Å²) in [5.41, 5.74) is 1.74. The summed E-state index contributed by atoms with van der Waals surface area (Å²) in [6.45, 7) is 3.94. The zero-order valence-electron chi connectivity index (χ0n) is 9.49. The minimum Gasteiger partial charge on any atom is -0.465 e. The molecular weight excluding hydrogens is 190 g/mol.